The Labute approximate surface area is 192 Å². The van der Waals surface area contributed by atoms with Crippen LogP contribution in [-0.4, -0.2) is 8.42 Å². The highest BCUT2D eigenvalue weighted by atomic mass is 32.2. The maximum atomic E-state index is 14.2. The van der Waals surface area contributed by atoms with Gasteiger partial charge in [0.15, 0.2) is 5.76 Å². The Balaban J connectivity index is 1.78. The van der Waals surface area contributed by atoms with Gasteiger partial charge in [-0.3, -0.25) is 4.31 Å². The minimum atomic E-state index is -4.07. The van der Waals surface area contributed by atoms with E-state index in [2.05, 4.69) is 6.07 Å². The summed E-state index contributed by atoms with van der Waals surface area (Å²) < 4.78 is 35.6. The largest absolute Gasteiger partial charge is 0.439 e. The number of fused-ring (bicyclic) bond motifs is 2. The lowest BCUT2D eigenvalue weighted by molar-refractivity contribution is 0.357. The topological polar surface area (TPSA) is 96.4 Å². The van der Waals surface area contributed by atoms with Crippen LogP contribution < -0.4 is 10.0 Å². The highest BCUT2D eigenvalue weighted by Crippen LogP contribution is 2.51. The molecule has 0 saturated heterocycles. The van der Waals surface area contributed by atoms with Crippen LogP contribution in [0.15, 0.2) is 95.2 Å². The smallest absolute Gasteiger partial charge is 0.265 e. The van der Waals surface area contributed by atoms with Crippen molar-refractivity contribution in [2.75, 3.05) is 4.31 Å². The molecule has 2 heterocycles. The van der Waals surface area contributed by atoms with Crippen molar-refractivity contribution in [3.8, 4) is 6.07 Å². The number of anilines is 1. The van der Waals surface area contributed by atoms with Gasteiger partial charge in [-0.05, 0) is 30.2 Å². The predicted octanol–water partition coefficient (Wildman–Crippen LogP) is 4.52. The average molecular weight is 456 g/mol. The number of sulfonamides is 1. The average Bonchev–Trinajstić information content (AvgIpc) is 2.81. The number of hydrogen-bond acceptors (Lipinski definition) is 5. The zero-order valence-corrected chi connectivity index (χ0v) is 18.7. The van der Waals surface area contributed by atoms with Crippen LogP contribution in [0.2, 0.25) is 0 Å². The molecule has 0 amide bonds. The molecule has 0 bridgehead atoms. The summed E-state index contributed by atoms with van der Waals surface area (Å²) in [5.74, 6) is -0.766. The van der Waals surface area contributed by atoms with Gasteiger partial charge in [0, 0.05) is 5.56 Å². The summed E-state index contributed by atoms with van der Waals surface area (Å²) in [6.07, 6.45) is 0. The monoisotopic (exact) mass is 455 g/mol. The lowest BCUT2D eigenvalue weighted by Gasteiger charge is -2.38. The molecular weight excluding hydrogens is 434 g/mol. The maximum Gasteiger partial charge on any atom is 0.265 e. The molecule has 0 aliphatic carbocycles. The van der Waals surface area contributed by atoms with E-state index in [1.165, 1.54) is 4.31 Å². The van der Waals surface area contributed by atoms with Gasteiger partial charge in [0.2, 0.25) is 5.88 Å². The first-order chi connectivity index (χ1) is 15.9. The fourth-order valence-corrected chi connectivity index (χ4v) is 6.32. The first kappa shape index (κ1) is 20.9. The Hall–Kier alpha value is -4.02. The predicted molar refractivity (Wildman–Crippen MR) is 127 cm³/mol. The zero-order valence-electron chi connectivity index (χ0n) is 17.9. The Kier molecular flexibility index (Phi) is 4.95. The fraction of sp³-hybridized carbons (Fsp3) is 0.115. The second-order valence-corrected chi connectivity index (χ2v) is 9.88. The van der Waals surface area contributed by atoms with Crippen LogP contribution in [-0.2, 0) is 21.3 Å². The Morgan fingerprint density at radius 1 is 1.03 bits per heavy atom. The van der Waals surface area contributed by atoms with Crippen LogP contribution >= 0.6 is 0 Å². The number of aryl methyl sites for hydroxylation is 1. The molecule has 1 atom stereocenters. The molecule has 2 aliphatic heterocycles. The van der Waals surface area contributed by atoms with Crippen molar-refractivity contribution < 1.29 is 13.2 Å². The van der Waals surface area contributed by atoms with Crippen molar-refractivity contribution >= 4 is 21.5 Å². The lowest BCUT2D eigenvalue weighted by Crippen LogP contribution is -2.39. The normalized spacial score (nSPS) is 18.8. The molecule has 164 valence electrons. The van der Waals surface area contributed by atoms with Gasteiger partial charge in [0.1, 0.15) is 16.5 Å². The number of hydrogen-bond donors (Lipinski definition) is 1. The molecular formula is C26H21N3O3S. The number of ether oxygens (including phenoxy) is 1. The number of nitrogens with zero attached hydrogens (tertiary/aromatic N) is 2. The van der Waals surface area contributed by atoms with E-state index in [0.29, 0.717) is 16.8 Å². The van der Waals surface area contributed by atoms with E-state index in [0.717, 1.165) is 11.1 Å². The molecule has 0 aromatic heterocycles. The first-order valence-corrected chi connectivity index (χ1v) is 11.9. The van der Waals surface area contributed by atoms with Gasteiger partial charge in [0.25, 0.3) is 10.0 Å². The quantitative estimate of drug-likeness (QED) is 0.626. The molecule has 3 aromatic rings. The molecule has 3 aromatic carbocycles. The second kappa shape index (κ2) is 7.84. The number of nitrogens with two attached hydrogens (primary N) is 1. The van der Waals surface area contributed by atoms with Crippen LogP contribution in [0.1, 0.15) is 28.2 Å². The molecule has 2 aliphatic rings. The Morgan fingerprint density at radius 2 is 1.76 bits per heavy atom. The molecule has 0 saturated carbocycles. The molecule has 5 rings (SSSR count). The van der Waals surface area contributed by atoms with Crippen molar-refractivity contribution in [1.29, 1.82) is 5.26 Å². The standard InChI is InChI=1S/C26H21N3O3S/c1-17-8-7-11-19(14-17)23-21(15-27)26(28)32-24-20-12-5-6-13-22(20)29(33(30,31)25(23)24)16-18-9-3-2-4-10-18/h2-14,23H,16,28H2,1H3. The molecule has 7 heteroatoms. The molecule has 0 fully saturated rings. The third-order valence-electron chi connectivity index (χ3n) is 5.90. The summed E-state index contributed by atoms with van der Waals surface area (Å²) in [6, 6.07) is 26.1. The molecule has 0 radical (unpaired) electrons. The SMILES string of the molecule is Cc1cccc(C2C(C#N)=C(N)OC3=C2S(=O)(=O)N(Cc2ccccc2)c2ccccc23)c1. The van der Waals surface area contributed by atoms with Gasteiger partial charge in [-0.15, -0.1) is 0 Å². The van der Waals surface area contributed by atoms with Gasteiger partial charge in [-0.25, -0.2) is 8.42 Å². The highest BCUT2D eigenvalue weighted by molar-refractivity contribution is 7.96. The van der Waals surface area contributed by atoms with Gasteiger partial charge < -0.3 is 10.5 Å². The number of rotatable bonds is 3. The van der Waals surface area contributed by atoms with Crippen LogP contribution in [0.5, 0.6) is 0 Å². The number of para-hydroxylation sites is 1. The minimum Gasteiger partial charge on any atom is -0.439 e. The number of nitriles is 1. The van der Waals surface area contributed by atoms with Crippen LogP contribution in [0.3, 0.4) is 0 Å². The molecule has 2 N–H and O–H groups in total. The van der Waals surface area contributed by atoms with E-state index in [4.69, 9.17) is 10.5 Å². The summed E-state index contributed by atoms with van der Waals surface area (Å²) in [5, 5.41) is 9.92. The number of allylic oxidation sites excluding steroid dienone is 2. The lowest BCUT2D eigenvalue weighted by atomic mass is 9.87. The molecule has 0 spiro atoms. The molecule has 1 unspecified atom stereocenters. The van der Waals surface area contributed by atoms with Crippen LogP contribution in [0.4, 0.5) is 5.69 Å². The van der Waals surface area contributed by atoms with Gasteiger partial charge >= 0.3 is 0 Å². The third kappa shape index (κ3) is 3.36. The first-order valence-electron chi connectivity index (χ1n) is 10.5. The van der Waals surface area contributed by atoms with E-state index in [1.54, 1.807) is 12.1 Å². The van der Waals surface area contributed by atoms with E-state index in [9.17, 15) is 13.7 Å². The van der Waals surface area contributed by atoms with E-state index in [1.807, 2.05) is 73.7 Å². The molecule has 6 nitrogen and oxygen atoms in total. The van der Waals surface area contributed by atoms with Gasteiger partial charge in [-0.1, -0.05) is 72.3 Å². The Morgan fingerprint density at radius 3 is 2.48 bits per heavy atom. The van der Waals surface area contributed by atoms with Crippen molar-refractivity contribution in [2.24, 2.45) is 5.73 Å². The van der Waals surface area contributed by atoms with Crippen molar-refractivity contribution in [3.63, 3.8) is 0 Å². The van der Waals surface area contributed by atoms with Crippen molar-refractivity contribution in [2.45, 2.75) is 19.4 Å². The summed E-state index contributed by atoms with van der Waals surface area (Å²) >= 11 is 0. The Bertz CT molecular complexity index is 1470. The van der Waals surface area contributed by atoms with Crippen LogP contribution in [0, 0.1) is 18.3 Å². The summed E-state index contributed by atoms with van der Waals surface area (Å²) in [7, 11) is -4.07. The van der Waals surface area contributed by atoms with E-state index < -0.39 is 15.9 Å². The zero-order chi connectivity index (χ0) is 23.2. The number of benzene rings is 3. The summed E-state index contributed by atoms with van der Waals surface area (Å²) in [4.78, 5) is 0.0356. The minimum absolute atomic E-state index is 0.0356. The van der Waals surface area contributed by atoms with E-state index in [-0.39, 0.29) is 28.7 Å². The summed E-state index contributed by atoms with van der Waals surface area (Å²) in [6.45, 7) is 2.07. The van der Waals surface area contributed by atoms with Crippen molar-refractivity contribution in [3.05, 3.63) is 117 Å². The summed E-state index contributed by atoms with van der Waals surface area (Å²) in [5.41, 5.74) is 9.85. The fourth-order valence-electron chi connectivity index (χ4n) is 4.41. The van der Waals surface area contributed by atoms with E-state index >= 15 is 0 Å². The second-order valence-electron chi connectivity index (χ2n) is 8.05. The van der Waals surface area contributed by atoms with Gasteiger partial charge in [-0.2, -0.15) is 5.26 Å². The maximum absolute atomic E-state index is 14.2. The third-order valence-corrected chi connectivity index (χ3v) is 7.79. The van der Waals surface area contributed by atoms with Crippen molar-refractivity contribution in [1.82, 2.24) is 0 Å². The highest BCUT2D eigenvalue weighted by Gasteiger charge is 2.47. The van der Waals surface area contributed by atoms with Gasteiger partial charge in [0.05, 0.1) is 18.2 Å². The molecule has 33 heavy (non-hydrogen) atoms. The van der Waals surface area contributed by atoms with Crippen LogP contribution in [0.25, 0.3) is 5.76 Å².